The first kappa shape index (κ1) is 23.6. The molecule has 0 bridgehead atoms. The highest BCUT2D eigenvalue weighted by molar-refractivity contribution is 5.88. The second-order valence-corrected chi connectivity index (χ2v) is 9.15. The zero-order valence-corrected chi connectivity index (χ0v) is 20.3. The Morgan fingerprint density at radius 3 is 2.51 bits per heavy atom. The summed E-state index contributed by atoms with van der Waals surface area (Å²) in [6, 6.07) is 29.0. The van der Waals surface area contributed by atoms with Crippen LogP contribution in [0.3, 0.4) is 0 Å². The summed E-state index contributed by atoms with van der Waals surface area (Å²) in [4.78, 5) is 0. The van der Waals surface area contributed by atoms with E-state index in [0.717, 1.165) is 44.3 Å². The Morgan fingerprint density at radius 2 is 1.71 bits per heavy atom. The molecule has 5 rings (SSSR count). The zero-order chi connectivity index (χ0) is 24.2. The number of fused-ring (bicyclic) bond motifs is 1. The minimum absolute atomic E-state index is 0.164. The monoisotopic (exact) mass is 468 g/mol. The Balaban J connectivity index is 1.60. The predicted octanol–water partition coefficient (Wildman–Crippen LogP) is 7.01. The first-order valence-corrected chi connectivity index (χ1v) is 12.3. The Morgan fingerprint density at radius 1 is 0.943 bits per heavy atom. The molecular formula is C31H32O4. The second kappa shape index (κ2) is 10.6. The third-order valence-electron chi connectivity index (χ3n) is 6.93. The molecule has 35 heavy (non-hydrogen) atoms. The maximum Gasteiger partial charge on any atom is 0.127 e. The molecule has 0 spiro atoms. The number of ether oxygens (including phenoxy) is 3. The number of aliphatic hydroxyl groups is 1. The van der Waals surface area contributed by atoms with E-state index in [4.69, 9.17) is 14.2 Å². The quantitative estimate of drug-likeness (QED) is 0.317. The van der Waals surface area contributed by atoms with Crippen LogP contribution in [0.1, 0.15) is 48.7 Å². The van der Waals surface area contributed by atoms with Crippen molar-refractivity contribution < 1.29 is 19.3 Å². The van der Waals surface area contributed by atoms with Gasteiger partial charge >= 0.3 is 0 Å². The number of methoxy groups -OCH3 is 1. The van der Waals surface area contributed by atoms with E-state index >= 15 is 0 Å². The average Bonchev–Trinajstić information content (AvgIpc) is 2.91. The summed E-state index contributed by atoms with van der Waals surface area (Å²) in [6.07, 6.45) is 0.479. The smallest absolute Gasteiger partial charge is 0.127 e. The molecule has 1 heterocycles. The zero-order valence-electron chi connectivity index (χ0n) is 20.3. The van der Waals surface area contributed by atoms with Crippen LogP contribution in [0.25, 0.3) is 21.9 Å². The third kappa shape index (κ3) is 4.96. The summed E-state index contributed by atoms with van der Waals surface area (Å²) in [5, 5.41) is 12.7. The van der Waals surface area contributed by atoms with Gasteiger partial charge < -0.3 is 19.3 Å². The summed E-state index contributed by atoms with van der Waals surface area (Å²) >= 11 is 0. The van der Waals surface area contributed by atoms with Crippen LogP contribution < -0.4 is 4.74 Å². The summed E-state index contributed by atoms with van der Waals surface area (Å²) in [5.74, 6) is 0.858. The third-order valence-corrected chi connectivity index (χ3v) is 6.93. The molecule has 3 unspecified atom stereocenters. The molecular weight excluding hydrogens is 436 g/mol. The van der Waals surface area contributed by atoms with Gasteiger partial charge in [0.25, 0.3) is 0 Å². The van der Waals surface area contributed by atoms with Crippen molar-refractivity contribution in [1.82, 2.24) is 0 Å². The molecule has 0 saturated carbocycles. The number of hydrogen-bond acceptors (Lipinski definition) is 4. The van der Waals surface area contributed by atoms with E-state index in [2.05, 4.69) is 49.4 Å². The standard InChI is InChI=1S/C31H32O4/c1-21(33-2)30-24(20-35-28-14-8-12-22-11-6-7-13-26(22)28)15-16-27(23-9-4-3-5-10-23)31(30)29-19-25(32)17-18-34-29/h3-16,21,25,29,32H,17-20H2,1-2H3. The molecule has 4 nitrogen and oxygen atoms in total. The Hall–Kier alpha value is -3.18. The van der Waals surface area contributed by atoms with Gasteiger partial charge in [0.05, 0.1) is 18.3 Å². The van der Waals surface area contributed by atoms with Crippen molar-refractivity contribution in [2.24, 2.45) is 0 Å². The summed E-state index contributed by atoms with van der Waals surface area (Å²) in [6.45, 7) is 3.01. The van der Waals surface area contributed by atoms with Crippen LogP contribution in [0, 0.1) is 0 Å². The van der Waals surface area contributed by atoms with Gasteiger partial charge in [-0.25, -0.2) is 0 Å². The Labute approximate surface area is 207 Å². The molecule has 4 aromatic rings. The first-order valence-electron chi connectivity index (χ1n) is 12.3. The average molecular weight is 469 g/mol. The molecule has 0 radical (unpaired) electrons. The number of hydrogen-bond donors (Lipinski definition) is 1. The highest BCUT2D eigenvalue weighted by Gasteiger charge is 2.30. The largest absolute Gasteiger partial charge is 0.488 e. The lowest BCUT2D eigenvalue weighted by atomic mass is 9.84. The van der Waals surface area contributed by atoms with E-state index < -0.39 is 0 Å². The van der Waals surface area contributed by atoms with E-state index in [1.165, 1.54) is 0 Å². The van der Waals surface area contributed by atoms with Crippen LogP contribution in [-0.2, 0) is 16.1 Å². The van der Waals surface area contributed by atoms with Crippen LogP contribution in [0.4, 0.5) is 0 Å². The lowest BCUT2D eigenvalue weighted by Crippen LogP contribution is -2.25. The van der Waals surface area contributed by atoms with Crippen molar-refractivity contribution >= 4 is 10.8 Å². The SMILES string of the molecule is COC(C)c1c(COc2cccc3ccccc23)ccc(-c2ccccc2)c1C1CC(O)CCO1. The topological polar surface area (TPSA) is 47.9 Å². The van der Waals surface area contributed by atoms with Crippen molar-refractivity contribution in [2.45, 2.75) is 44.7 Å². The fourth-order valence-electron chi connectivity index (χ4n) is 5.08. The van der Waals surface area contributed by atoms with Gasteiger partial charge in [0.2, 0.25) is 0 Å². The van der Waals surface area contributed by atoms with Crippen molar-refractivity contribution in [3.63, 3.8) is 0 Å². The minimum Gasteiger partial charge on any atom is -0.488 e. The van der Waals surface area contributed by atoms with Crippen molar-refractivity contribution in [3.8, 4) is 16.9 Å². The van der Waals surface area contributed by atoms with Gasteiger partial charge in [0.1, 0.15) is 12.4 Å². The molecule has 1 aliphatic rings. The summed E-state index contributed by atoms with van der Waals surface area (Å²) in [5.41, 5.74) is 5.46. The molecule has 180 valence electrons. The van der Waals surface area contributed by atoms with Crippen LogP contribution >= 0.6 is 0 Å². The van der Waals surface area contributed by atoms with E-state index in [1.807, 2.05) is 42.5 Å². The Kier molecular flexibility index (Phi) is 7.14. The van der Waals surface area contributed by atoms with Gasteiger partial charge in [0, 0.05) is 25.5 Å². The second-order valence-electron chi connectivity index (χ2n) is 9.15. The minimum atomic E-state index is -0.376. The normalized spacial score (nSPS) is 18.9. The van der Waals surface area contributed by atoms with E-state index in [0.29, 0.717) is 26.1 Å². The van der Waals surface area contributed by atoms with Crippen LogP contribution in [0.5, 0.6) is 5.75 Å². The lowest BCUT2D eigenvalue weighted by Gasteiger charge is -2.32. The van der Waals surface area contributed by atoms with Crippen LogP contribution in [-0.4, -0.2) is 24.9 Å². The maximum atomic E-state index is 10.5. The molecule has 0 aliphatic carbocycles. The van der Waals surface area contributed by atoms with E-state index in [9.17, 15) is 5.11 Å². The number of benzene rings is 4. The van der Waals surface area contributed by atoms with Gasteiger partial charge in [-0.3, -0.25) is 0 Å². The Bertz CT molecular complexity index is 1280. The van der Waals surface area contributed by atoms with Gasteiger partial charge in [-0.15, -0.1) is 0 Å². The molecule has 0 amide bonds. The first-order chi connectivity index (χ1) is 17.2. The molecule has 4 aromatic carbocycles. The highest BCUT2D eigenvalue weighted by atomic mass is 16.5. The molecule has 4 heteroatoms. The van der Waals surface area contributed by atoms with Gasteiger partial charge in [0.15, 0.2) is 0 Å². The molecule has 1 fully saturated rings. The van der Waals surface area contributed by atoms with Crippen molar-refractivity contribution in [1.29, 1.82) is 0 Å². The summed E-state index contributed by atoms with van der Waals surface area (Å²) < 4.78 is 18.5. The van der Waals surface area contributed by atoms with Gasteiger partial charge in [-0.1, -0.05) is 78.9 Å². The molecule has 3 atom stereocenters. The van der Waals surface area contributed by atoms with E-state index in [1.54, 1.807) is 7.11 Å². The van der Waals surface area contributed by atoms with Crippen LogP contribution in [0.2, 0.25) is 0 Å². The van der Waals surface area contributed by atoms with Gasteiger partial charge in [-0.2, -0.15) is 0 Å². The fraction of sp³-hybridized carbons (Fsp3) is 0.290. The predicted molar refractivity (Wildman–Crippen MR) is 140 cm³/mol. The lowest BCUT2D eigenvalue weighted by molar-refractivity contribution is -0.0458. The van der Waals surface area contributed by atoms with Gasteiger partial charge in [-0.05, 0) is 52.6 Å². The van der Waals surface area contributed by atoms with Crippen molar-refractivity contribution in [2.75, 3.05) is 13.7 Å². The summed E-state index contributed by atoms with van der Waals surface area (Å²) in [7, 11) is 1.73. The maximum absolute atomic E-state index is 10.5. The highest BCUT2D eigenvalue weighted by Crippen LogP contribution is 2.42. The molecule has 1 aliphatic heterocycles. The number of rotatable bonds is 7. The van der Waals surface area contributed by atoms with E-state index in [-0.39, 0.29) is 18.3 Å². The molecule has 1 N–H and O–H groups in total. The molecule has 1 saturated heterocycles. The number of aliphatic hydroxyl groups excluding tert-OH is 1. The molecule has 0 aromatic heterocycles. The van der Waals surface area contributed by atoms with Crippen LogP contribution in [0.15, 0.2) is 84.9 Å². The van der Waals surface area contributed by atoms with Crippen molar-refractivity contribution in [3.05, 3.63) is 102 Å². The fourth-order valence-corrected chi connectivity index (χ4v) is 5.08.